The van der Waals surface area contributed by atoms with Crippen molar-refractivity contribution in [2.45, 2.75) is 6.92 Å². The predicted molar refractivity (Wildman–Crippen MR) is 112 cm³/mol. The largest absolute Gasteiger partial charge is 0.376 e. The summed E-state index contributed by atoms with van der Waals surface area (Å²) in [4.78, 5) is 17.0. The Hall–Kier alpha value is -2.05. The van der Waals surface area contributed by atoms with Gasteiger partial charge in [0.15, 0.2) is 0 Å². The van der Waals surface area contributed by atoms with E-state index in [1.54, 1.807) is 0 Å². The van der Waals surface area contributed by atoms with Gasteiger partial charge in [0.1, 0.15) is 0 Å². The Bertz CT molecular complexity index is 710. The Morgan fingerprint density at radius 1 is 0.962 bits per heavy atom. The van der Waals surface area contributed by atoms with Gasteiger partial charge in [-0.3, -0.25) is 4.79 Å². The lowest BCUT2D eigenvalue weighted by molar-refractivity contribution is -0.114. The summed E-state index contributed by atoms with van der Waals surface area (Å²) in [5.74, 6) is -0.0581. The van der Waals surface area contributed by atoms with E-state index in [-0.39, 0.29) is 12.5 Å². The first-order chi connectivity index (χ1) is 12.6. The highest BCUT2D eigenvalue weighted by molar-refractivity contribution is 9.10. The first kappa shape index (κ1) is 18.7. The molecule has 1 aliphatic rings. The van der Waals surface area contributed by atoms with E-state index in [0.717, 1.165) is 48.6 Å². The minimum atomic E-state index is -0.0581. The summed E-state index contributed by atoms with van der Waals surface area (Å²) in [6, 6.07) is 15.9. The maximum atomic E-state index is 12.1. The molecule has 1 amide bonds. The molecule has 0 atom stereocenters. The van der Waals surface area contributed by atoms with Crippen LogP contribution < -0.4 is 15.5 Å². The fraction of sp³-hybridized carbons (Fsp3) is 0.350. The lowest BCUT2D eigenvalue weighted by atomic mass is 10.2. The molecule has 0 aliphatic carbocycles. The number of nitrogens with zero attached hydrogens (tertiary/aromatic N) is 2. The van der Waals surface area contributed by atoms with Crippen LogP contribution in [0.3, 0.4) is 0 Å². The van der Waals surface area contributed by atoms with Crippen molar-refractivity contribution in [3.8, 4) is 0 Å². The van der Waals surface area contributed by atoms with Crippen molar-refractivity contribution in [3.63, 3.8) is 0 Å². The fourth-order valence-electron chi connectivity index (χ4n) is 3.03. The van der Waals surface area contributed by atoms with E-state index in [9.17, 15) is 4.79 Å². The average molecular weight is 417 g/mol. The Balaban J connectivity index is 1.47. The van der Waals surface area contributed by atoms with Gasteiger partial charge in [0.25, 0.3) is 0 Å². The molecule has 0 saturated carbocycles. The van der Waals surface area contributed by atoms with Gasteiger partial charge >= 0.3 is 0 Å². The molecule has 26 heavy (non-hydrogen) atoms. The van der Waals surface area contributed by atoms with Crippen LogP contribution in [0.25, 0.3) is 0 Å². The third-order valence-electron chi connectivity index (χ3n) is 4.63. The van der Waals surface area contributed by atoms with Crippen LogP contribution in [-0.2, 0) is 4.79 Å². The van der Waals surface area contributed by atoms with E-state index in [1.165, 1.54) is 5.69 Å². The lowest BCUT2D eigenvalue weighted by Crippen LogP contribution is -2.46. The topological polar surface area (TPSA) is 47.6 Å². The predicted octanol–water partition coefficient (Wildman–Crippen LogP) is 3.64. The van der Waals surface area contributed by atoms with E-state index in [0.29, 0.717) is 0 Å². The van der Waals surface area contributed by atoms with Crippen molar-refractivity contribution < 1.29 is 4.79 Å². The second kappa shape index (κ2) is 9.05. The van der Waals surface area contributed by atoms with Crippen LogP contribution in [0.15, 0.2) is 53.0 Å². The SMILES string of the molecule is CCN1CCN(c2ccc(NC(=O)CNc3ccc(Br)cc3)cc2)CC1. The Morgan fingerprint density at radius 2 is 1.58 bits per heavy atom. The second-order valence-electron chi connectivity index (χ2n) is 6.38. The van der Waals surface area contributed by atoms with Crippen LogP contribution in [0, 0.1) is 0 Å². The van der Waals surface area contributed by atoms with Gasteiger partial charge in [0.2, 0.25) is 5.91 Å². The summed E-state index contributed by atoms with van der Waals surface area (Å²) in [6.45, 7) is 7.88. The number of carbonyl (C=O) groups is 1. The molecule has 1 aliphatic heterocycles. The summed E-state index contributed by atoms with van der Waals surface area (Å²) < 4.78 is 1.02. The Kier molecular flexibility index (Phi) is 6.52. The number of likely N-dealkylation sites (N-methyl/N-ethyl adjacent to an activating group) is 1. The zero-order valence-corrected chi connectivity index (χ0v) is 16.6. The van der Waals surface area contributed by atoms with Crippen LogP contribution in [-0.4, -0.2) is 50.1 Å². The molecule has 0 radical (unpaired) electrons. The number of piperazine rings is 1. The lowest BCUT2D eigenvalue weighted by Gasteiger charge is -2.35. The number of nitrogens with one attached hydrogen (secondary N) is 2. The minimum Gasteiger partial charge on any atom is -0.376 e. The van der Waals surface area contributed by atoms with Crippen LogP contribution >= 0.6 is 15.9 Å². The maximum Gasteiger partial charge on any atom is 0.243 e. The fourth-order valence-corrected chi connectivity index (χ4v) is 3.30. The molecule has 1 fully saturated rings. The molecule has 138 valence electrons. The molecule has 1 saturated heterocycles. The zero-order chi connectivity index (χ0) is 18.4. The van der Waals surface area contributed by atoms with Crippen molar-refractivity contribution in [3.05, 3.63) is 53.0 Å². The van der Waals surface area contributed by atoms with Gasteiger partial charge in [-0.05, 0) is 55.1 Å². The van der Waals surface area contributed by atoms with Gasteiger partial charge in [-0.2, -0.15) is 0 Å². The van der Waals surface area contributed by atoms with Crippen molar-refractivity contribution in [2.24, 2.45) is 0 Å². The highest BCUT2D eigenvalue weighted by Gasteiger charge is 2.15. The number of halogens is 1. The number of amides is 1. The summed E-state index contributed by atoms with van der Waals surface area (Å²) in [5, 5.41) is 6.05. The molecule has 2 aromatic rings. The van der Waals surface area contributed by atoms with Crippen molar-refractivity contribution in [1.29, 1.82) is 0 Å². The molecule has 0 unspecified atom stereocenters. The molecular formula is C20H25BrN4O. The number of carbonyl (C=O) groups excluding carboxylic acids is 1. The molecule has 0 bridgehead atoms. The molecule has 3 rings (SSSR count). The molecule has 0 spiro atoms. The minimum absolute atomic E-state index is 0.0581. The zero-order valence-electron chi connectivity index (χ0n) is 15.0. The Morgan fingerprint density at radius 3 is 2.19 bits per heavy atom. The third-order valence-corrected chi connectivity index (χ3v) is 5.16. The number of hydrogen-bond donors (Lipinski definition) is 2. The van der Waals surface area contributed by atoms with E-state index in [4.69, 9.17) is 0 Å². The van der Waals surface area contributed by atoms with Crippen molar-refractivity contribution in [1.82, 2.24) is 4.90 Å². The molecule has 5 nitrogen and oxygen atoms in total. The van der Waals surface area contributed by atoms with Gasteiger partial charge in [-0.1, -0.05) is 22.9 Å². The van der Waals surface area contributed by atoms with Gasteiger partial charge < -0.3 is 20.4 Å². The highest BCUT2D eigenvalue weighted by atomic mass is 79.9. The van der Waals surface area contributed by atoms with Gasteiger partial charge in [0, 0.05) is 47.7 Å². The van der Waals surface area contributed by atoms with E-state index in [1.807, 2.05) is 36.4 Å². The number of benzene rings is 2. The van der Waals surface area contributed by atoms with Gasteiger partial charge in [0.05, 0.1) is 6.54 Å². The first-order valence-electron chi connectivity index (χ1n) is 9.00. The van der Waals surface area contributed by atoms with Crippen molar-refractivity contribution >= 4 is 38.9 Å². The van der Waals surface area contributed by atoms with Crippen molar-refractivity contribution in [2.75, 3.05) is 54.8 Å². The maximum absolute atomic E-state index is 12.1. The summed E-state index contributed by atoms with van der Waals surface area (Å²) >= 11 is 3.40. The third kappa shape index (κ3) is 5.22. The first-order valence-corrected chi connectivity index (χ1v) is 9.80. The molecule has 1 heterocycles. The average Bonchev–Trinajstić information content (AvgIpc) is 2.68. The van der Waals surface area contributed by atoms with Crippen LogP contribution in [0.5, 0.6) is 0 Å². The molecule has 6 heteroatoms. The molecule has 0 aromatic heterocycles. The van der Waals surface area contributed by atoms with Crippen LogP contribution in [0.4, 0.5) is 17.1 Å². The molecule has 2 N–H and O–H groups in total. The monoisotopic (exact) mass is 416 g/mol. The second-order valence-corrected chi connectivity index (χ2v) is 7.29. The quantitative estimate of drug-likeness (QED) is 0.754. The summed E-state index contributed by atoms with van der Waals surface area (Å²) in [7, 11) is 0. The number of hydrogen-bond acceptors (Lipinski definition) is 4. The van der Waals surface area contributed by atoms with E-state index < -0.39 is 0 Å². The van der Waals surface area contributed by atoms with E-state index in [2.05, 4.69) is 55.4 Å². The Labute approximate surface area is 163 Å². The van der Waals surface area contributed by atoms with Crippen LogP contribution in [0.2, 0.25) is 0 Å². The van der Waals surface area contributed by atoms with Gasteiger partial charge in [-0.25, -0.2) is 0 Å². The standard InChI is InChI=1S/C20H25BrN4O/c1-2-24-11-13-25(14-12-24)19-9-7-18(8-10-19)23-20(26)15-22-17-5-3-16(21)4-6-17/h3-10,22H,2,11-15H2,1H3,(H,23,26). The molecule has 2 aromatic carbocycles. The molecular weight excluding hydrogens is 392 g/mol. The highest BCUT2D eigenvalue weighted by Crippen LogP contribution is 2.19. The summed E-state index contributed by atoms with van der Waals surface area (Å²) in [6.07, 6.45) is 0. The normalized spacial score (nSPS) is 14.9. The van der Waals surface area contributed by atoms with Crippen LogP contribution in [0.1, 0.15) is 6.92 Å². The smallest absolute Gasteiger partial charge is 0.243 e. The number of anilines is 3. The van der Waals surface area contributed by atoms with Gasteiger partial charge in [-0.15, -0.1) is 0 Å². The van der Waals surface area contributed by atoms with E-state index >= 15 is 0 Å². The summed E-state index contributed by atoms with van der Waals surface area (Å²) in [5.41, 5.74) is 2.96. The number of rotatable bonds is 6.